The Morgan fingerprint density at radius 1 is 1.14 bits per heavy atom. The average molecular weight is 289 g/mol. The highest BCUT2D eigenvalue weighted by Gasteiger charge is 2.13. The zero-order valence-corrected chi connectivity index (χ0v) is 10.7. The van der Waals surface area contributed by atoms with Crippen LogP contribution in [0.1, 0.15) is 5.56 Å². The van der Waals surface area contributed by atoms with Crippen molar-refractivity contribution in [2.75, 3.05) is 0 Å². The van der Waals surface area contributed by atoms with E-state index in [2.05, 4.69) is 0 Å². The number of nitrogens with zero attached hydrogens (tertiary/aromatic N) is 1. The summed E-state index contributed by atoms with van der Waals surface area (Å²) in [5.74, 6) is -0.745. The molecule has 0 radical (unpaired) electrons. The van der Waals surface area contributed by atoms with Gasteiger partial charge >= 0.3 is 11.7 Å². The average Bonchev–Trinajstić information content (AvgIpc) is 2.40. The molecule has 2 rings (SSSR count). The first-order valence-electron chi connectivity index (χ1n) is 5.91. The number of aliphatic carboxylic acids is 1. The number of carbonyl (C=O) groups is 1. The fourth-order valence-electron chi connectivity index (χ4n) is 1.71. The van der Waals surface area contributed by atoms with Gasteiger partial charge < -0.3 is 14.9 Å². The molecule has 0 saturated carbocycles. The van der Waals surface area contributed by atoms with Gasteiger partial charge in [-0.05, 0) is 23.8 Å². The van der Waals surface area contributed by atoms with E-state index in [1.807, 2.05) is 0 Å². The molecule has 0 aliphatic carbocycles. The standard InChI is InChI=1S/C14H11NO6/c16-13-8-11(5-6-12(13)15(19)20)21-10-3-1-9(2-4-10)7-14(17)18/h1-6,8,16H,7H2,(H,17,18). The van der Waals surface area contributed by atoms with Crippen molar-refractivity contribution in [3.63, 3.8) is 0 Å². The third-order valence-electron chi connectivity index (χ3n) is 2.66. The van der Waals surface area contributed by atoms with E-state index in [1.165, 1.54) is 6.07 Å². The second-order valence-electron chi connectivity index (χ2n) is 4.22. The van der Waals surface area contributed by atoms with E-state index >= 15 is 0 Å². The van der Waals surface area contributed by atoms with Crippen molar-refractivity contribution < 1.29 is 24.7 Å². The Kier molecular flexibility index (Phi) is 4.03. The molecular weight excluding hydrogens is 278 g/mol. The van der Waals surface area contributed by atoms with Gasteiger partial charge in [0.05, 0.1) is 11.3 Å². The fourth-order valence-corrected chi connectivity index (χ4v) is 1.71. The van der Waals surface area contributed by atoms with Gasteiger partial charge in [-0.3, -0.25) is 14.9 Å². The zero-order valence-electron chi connectivity index (χ0n) is 10.7. The van der Waals surface area contributed by atoms with E-state index in [9.17, 15) is 20.0 Å². The zero-order chi connectivity index (χ0) is 15.4. The van der Waals surface area contributed by atoms with Gasteiger partial charge in [0.15, 0.2) is 5.75 Å². The van der Waals surface area contributed by atoms with Crippen molar-refractivity contribution >= 4 is 11.7 Å². The Bertz CT molecular complexity index is 680. The first-order chi connectivity index (χ1) is 9.95. The van der Waals surface area contributed by atoms with Crippen LogP contribution in [0.5, 0.6) is 17.2 Å². The molecule has 108 valence electrons. The summed E-state index contributed by atoms with van der Waals surface area (Å²) in [5.41, 5.74) is 0.223. The molecule has 0 amide bonds. The Morgan fingerprint density at radius 3 is 2.29 bits per heavy atom. The van der Waals surface area contributed by atoms with Crippen LogP contribution in [0.25, 0.3) is 0 Å². The quantitative estimate of drug-likeness (QED) is 0.646. The van der Waals surface area contributed by atoms with Crippen molar-refractivity contribution in [3.05, 3.63) is 58.1 Å². The van der Waals surface area contributed by atoms with Crippen molar-refractivity contribution in [3.8, 4) is 17.2 Å². The number of nitro benzene ring substituents is 1. The fraction of sp³-hybridized carbons (Fsp3) is 0.0714. The van der Waals surface area contributed by atoms with E-state index in [1.54, 1.807) is 24.3 Å². The van der Waals surface area contributed by atoms with Crippen molar-refractivity contribution in [2.24, 2.45) is 0 Å². The number of phenolic OH excluding ortho intramolecular Hbond substituents is 1. The van der Waals surface area contributed by atoms with Crippen molar-refractivity contribution in [2.45, 2.75) is 6.42 Å². The normalized spacial score (nSPS) is 10.1. The number of nitro groups is 1. The molecule has 0 atom stereocenters. The molecule has 0 unspecified atom stereocenters. The lowest BCUT2D eigenvalue weighted by Gasteiger charge is -2.07. The Morgan fingerprint density at radius 2 is 1.76 bits per heavy atom. The van der Waals surface area contributed by atoms with E-state index in [-0.39, 0.29) is 12.2 Å². The molecule has 2 aromatic rings. The van der Waals surface area contributed by atoms with E-state index in [0.717, 1.165) is 12.1 Å². The molecule has 2 aromatic carbocycles. The summed E-state index contributed by atoms with van der Waals surface area (Å²) in [5, 5.41) is 28.7. The Hall–Kier alpha value is -3.09. The lowest BCUT2D eigenvalue weighted by atomic mass is 10.1. The maximum absolute atomic E-state index is 10.6. The second kappa shape index (κ2) is 5.91. The molecule has 7 heteroatoms. The number of hydrogen-bond acceptors (Lipinski definition) is 5. The summed E-state index contributed by atoms with van der Waals surface area (Å²) in [4.78, 5) is 20.4. The van der Waals surface area contributed by atoms with Crippen LogP contribution < -0.4 is 4.74 Å². The second-order valence-corrected chi connectivity index (χ2v) is 4.22. The molecular formula is C14H11NO6. The maximum atomic E-state index is 10.6. The first-order valence-corrected chi connectivity index (χ1v) is 5.91. The summed E-state index contributed by atoms with van der Waals surface area (Å²) in [6.07, 6.45) is -0.0847. The van der Waals surface area contributed by atoms with E-state index < -0.39 is 22.3 Å². The lowest BCUT2D eigenvalue weighted by Crippen LogP contribution is -1.99. The molecule has 0 heterocycles. The largest absolute Gasteiger partial charge is 0.502 e. The van der Waals surface area contributed by atoms with Gasteiger partial charge in [-0.15, -0.1) is 0 Å². The number of rotatable bonds is 5. The van der Waals surface area contributed by atoms with Crippen LogP contribution in [0.4, 0.5) is 5.69 Å². The van der Waals surface area contributed by atoms with Crippen LogP contribution in [-0.2, 0) is 11.2 Å². The van der Waals surface area contributed by atoms with Crippen molar-refractivity contribution in [1.29, 1.82) is 0 Å². The number of aromatic hydroxyl groups is 1. The van der Waals surface area contributed by atoms with E-state index in [4.69, 9.17) is 9.84 Å². The minimum atomic E-state index is -0.927. The van der Waals surface area contributed by atoms with Crippen LogP contribution in [0.3, 0.4) is 0 Å². The van der Waals surface area contributed by atoms with Crippen LogP contribution in [-0.4, -0.2) is 21.1 Å². The SMILES string of the molecule is O=C(O)Cc1ccc(Oc2ccc([N+](=O)[O-])c(O)c2)cc1. The van der Waals surface area contributed by atoms with Gasteiger partial charge in [0.1, 0.15) is 11.5 Å². The molecule has 0 aliphatic rings. The smallest absolute Gasteiger partial charge is 0.310 e. The number of benzene rings is 2. The molecule has 0 saturated heterocycles. The topological polar surface area (TPSA) is 110 Å². The highest BCUT2D eigenvalue weighted by atomic mass is 16.6. The third-order valence-corrected chi connectivity index (χ3v) is 2.66. The van der Waals surface area contributed by atoms with Crippen LogP contribution in [0.15, 0.2) is 42.5 Å². The third kappa shape index (κ3) is 3.69. The predicted octanol–water partition coefficient (Wildman–Crippen LogP) is 2.72. The van der Waals surface area contributed by atoms with Gasteiger partial charge in [0.25, 0.3) is 0 Å². The minimum absolute atomic E-state index is 0.0847. The number of hydrogen-bond donors (Lipinski definition) is 2. The Labute approximate surface area is 119 Å². The Balaban J connectivity index is 2.13. The van der Waals surface area contributed by atoms with E-state index in [0.29, 0.717) is 11.3 Å². The number of carboxylic acid groups (broad SMARTS) is 1. The van der Waals surface area contributed by atoms with Gasteiger partial charge in [0.2, 0.25) is 0 Å². The summed E-state index contributed by atoms with van der Waals surface area (Å²) in [7, 11) is 0. The molecule has 21 heavy (non-hydrogen) atoms. The number of carboxylic acids is 1. The van der Waals surface area contributed by atoms with Crippen molar-refractivity contribution in [1.82, 2.24) is 0 Å². The molecule has 0 spiro atoms. The van der Waals surface area contributed by atoms with Crippen LogP contribution >= 0.6 is 0 Å². The summed E-state index contributed by atoms with van der Waals surface area (Å²) >= 11 is 0. The summed E-state index contributed by atoms with van der Waals surface area (Å²) in [6.45, 7) is 0. The monoisotopic (exact) mass is 289 g/mol. The summed E-state index contributed by atoms with van der Waals surface area (Å²) < 4.78 is 5.42. The lowest BCUT2D eigenvalue weighted by molar-refractivity contribution is -0.385. The maximum Gasteiger partial charge on any atom is 0.310 e. The minimum Gasteiger partial charge on any atom is -0.502 e. The van der Waals surface area contributed by atoms with Crippen LogP contribution in [0, 0.1) is 10.1 Å². The molecule has 0 aromatic heterocycles. The highest BCUT2D eigenvalue weighted by molar-refractivity contribution is 5.70. The van der Waals surface area contributed by atoms with Gasteiger partial charge in [-0.25, -0.2) is 0 Å². The first kappa shape index (κ1) is 14.3. The molecule has 7 nitrogen and oxygen atoms in total. The van der Waals surface area contributed by atoms with Crippen LogP contribution in [0.2, 0.25) is 0 Å². The number of ether oxygens (including phenoxy) is 1. The van der Waals surface area contributed by atoms with Gasteiger partial charge in [-0.2, -0.15) is 0 Å². The molecule has 0 fully saturated rings. The summed E-state index contributed by atoms with van der Waals surface area (Å²) in [6, 6.07) is 10.0. The molecule has 0 bridgehead atoms. The molecule has 2 N–H and O–H groups in total. The number of phenols is 1. The van der Waals surface area contributed by atoms with Gasteiger partial charge in [0, 0.05) is 12.1 Å². The van der Waals surface area contributed by atoms with Gasteiger partial charge in [-0.1, -0.05) is 12.1 Å². The highest BCUT2D eigenvalue weighted by Crippen LogP contribution is 2.32. The molecule has 0 aliphatic heterocycles. The predicted molar refractivity (Wildman–Crippen MR) is 72.6 cm³/mol.